The number of aromatic amines is 1. The van der Waals surface area contributed by atoms with Crippen LogP contribution in [0.2, 0.25) is 0 Å². The third-order valence-electron chi connectivity index (χ3n) is 5.55. The van der Waals surface area contributed by atoms with Crippen LogP contribution in [0.15, 0.2) is 53.0 Å². The fourth-order valence-corrected chi connectivity index (χ4v) is 4.25. The van der Waals surface area contributed by atoms with Gasteiger partial charge in [-0.05, 0) is 48.7 Å². The van der Waals surface area contributed by atoms with Crippen molar-refractivity contribution in [1.29, 1.82) is 0 Å². The summed E-state index contributed by atoms with van der Waals surface area (Å²) in [6, 6.07) is 16.0. The lowest BCUT2D eigenvalue weighted by Crippen LogP contribution is -2.44. The molecule has 1 fully saturated rings. The van der Waals surface area contributed by atoms with Crippen molar-refractivity contribution in [3.8, 4) is 5.75 Å². The molecule has 1 aromatic heterocycles. The van der Waals surface area contributed by atoms with Crippen LogP contribution in [0.25, 0.3) is 10.9 Å². The molecule has 0 aliphatic carbocycles. The number of carbonyl (C=O) groups is 1. The highest BCUT2D eigenvalue weighted by Gasteiger charge is 2.35. The van der Waals surface area contributed by atoms with Crippen molar-refractivity contribution in [2.75, 3.05) is 26.9 Å². The van der Waals surface area contributed by atoms with E-state index in [0.717, 1.165) is 34.0 Å². The van der Waals surface area contributed by atoms with Crippen LogP contribution >= 0.6 is 15.9 Å². The Morgan fingerprint density at radius 3 is 2.79 bits per heavy atom. The minimum absolute atomic E-state index is 0.101. The number of amides is 1. The Labute approximate surface area is 172 Å². The topological polar surface area (TPSA) is 63.4 Å². The van der Waals surface area contributed by atoms with Crippen LogP contribution < -0.4 is 10.1 Å². The van der Waals surface area contributed by atoms with Gasteiger partial charge in [-0.3, -0.25) is 4.79 Å². The van der Waals surface area contributed by atoms with E-state index in [0.29, 0.717) is 25.5 Å². The maximum atomic E-state index is 12.8. The molecule has 146 valence electrons. The molecule has 2 N–H and O–H groups in total. The Balaban J connectivity index is 1.54. The van der Waals surface area contributed by atoms with Gasteiger partial charge in [-0.25, -0.2) is 0 Å². The first kappa shape index (κ1) is 19.0. The molecule has 28 heavy (non-hydrogen) atoms. The molecular weight excluding hydrogens is 420 g/mol. The highest BCUT2D eigenvalue weighted by atomic mass is 79.9. The number of carbonyl (C=O) groups excluding carboxylic acids is 1. The van der Waals surface area contributed by atoms with Gasteiger partial charge >= 0.3 is 0 Å². The van der Waals surface area contributed by atoms with Crippen molar-refractivity contribution in [2.45, 2.75) is 18.3 Å². The molecule has 2 aromatic carbocycles. The lowest BCUT2D eigenvalue weighted by Gasteiger charge is -2.38. The van der Waals surface area contributed by atoms with Gasteiger partial charge in [0.2, 0.25) is 0 Å². The van der Waals surface area contributed by atoms with E-state index in [1.54, 1.807) is 7.11 Å². The molecule has 2 heterocycles. The number of H-pyrrole nitrogens is 1. The van der Waals surface area contributed by atoms with E-state index in [-0.39, 0.29) is 11.3 Å². The third kappa shape index (κ3) is 3.80. The number of benzene rings is 2. The highest BCUT2D eigenvalue weighted by molar-refractivity contribution is 9.10. The minimum Gasteiger partial charge on any atom is -0.497 e. The minimum atomic E-state index is -0.118. The van der Waals surface area contributed by atoms with Crippen LogP contribution in [0.4, 0.5) is 0 Å². The van der Waals surface area contributed by atoms with E-state index < -0.39 is 0 Å². The van der Waals surface area contributed by atoms with Crippen molar-refractivity contribution in [3.05, 3.63) is 64.3 Å². The molecule has 3 aromatic rings. The molecule has 1 amide bonds. The van der Waals surface area contributed by atoms with Crippen molar-refractivity contribution >= 4 is 32.7 Å². The predicted molar refractivity (Wildman–Crippen MR) is 113 cm³/mol. The Morgan fingerprint density at radius 2 is 2.04 bits per heavy atom. The lowest BCUT2D eigenvalue weighted by molar-refractivity contribution is 0.0486. The second-order valence-corrected chi connectivity index (χ2v) is 8.14. The van der Waals surface area contributed by atoms with Crippen LogP contribution in [-0.2, 0) is 10.2 Å². The van der Waals surface area contributed by atoms with Crippen LogP contribution in [0, 0.1) is 0 Å². The Kier molecular flexibility index (Phi) is 5.42. The molecule has 1 aliphatic heterocycles. The van der Waals surface area contributed by atoms with Crippen LogP contribution in [-0.4, -0.2) is 37.8 Å². The van der Waals surface area contributed by atoms with Crippen LogP contribution in [0.3, 0.4) is 0 Å². The van der Waals surface area contributed by atoms with Crippen LogP contribution in [0.5, 0.6) is 5.75 Å². The van der Waals surface area contributed by atoms with Gasteiger partial charge in [0.15, 0.2) is 0 Å². The van der Waals surface area contributed by atoms with E-state index in [2.05, 4.69) is 38.4 Å². The van der Waals surface area contributed by atoms with Gasteiger partial charge < -0.3 is 19.8 Å². The summed E-state index contributed by atoms with van der Waals surface area (Å²) >= 11 is 3.57. The molecule has 0 spiro atoms. The zero-order chi connectivity index (χ0) is 19.6. The molecule has 0 atom stereocenters. The fraction of sp³-hybridized carbons (Fsp3) is 0.318. The fourth-order valence-electron chi connectivity index (χ4n) is 3.85. The molecule has 4 rings (SSSR count). The molecule has 1 aliphatic rings. The number of halogens is 1. The maximum absolute atomic E-state index is 12.8. The number of aromatic nitrogens is 1. The molecule has 0 radical (unpaired) electrons. The summed E-state index contributed by atoms with van der Waals surface area (Å²) in [6.07, 6.45) is 1.77. The third-order valence-corrected chi connectivity index (χ3v) is 6.04. The van der Waals surface area contributed by atoms with Gasteiger partial charge in [0, 0.05) is 46.6 Å². The summed E-state index contributed by atoms with van der Waals surface area (Å²) in [5, 5.41) is 4.13. The van der Waals surface area contributed by atoms with E-state index in [1.165, 1.54) is 5.56 Å². The first-order valence-corrected chi connectivity index (χ1v) is 10.2. The smallest absolute Gasteiger partial charge is 0.267 e. The number of nitrogens with one attached hydrogen (secondary N) is 2. The summed E-state index contributed by atoms with van der Waals surface area (Å²) < 4.78 is 11.9. The summed E-state index contributed by atoms with van der Waals surface area (Å²) in [6.45, 7) is 1.98. The number of fused-ring (bicyclic) bond motifs is 1. The van der Waals surface area contributed by atoms with Gasteiger partial charge in [-0.15, -0.1) is 0 Å². The van der Waals surface area contributed by atoms with Gasteiger partial charge in [0.25, 0.3) is 5.91 Å². The number of methoxy groups -OCH3 is 1. The van der Waals surface area contributed by atoms with E-state index in [9.17, 15) is 4.79 Å². The average molecular weight is 443 g/mol. The average Bonchev–Trinajstić information content (AvgIpc) is 3.16. The first-order chi connectivity index (χ1) is 13.6. The number of rotatable bonds is 5. The molecule has 0 bridgehead atoms. The normalized spacial score (nSPS) is 16.1. The first-order valence-electron chi connectivity index (χ1n) is 9.38. The van der Waals surface area contributed by atoms with E-state index >= 15 is 0 Å². The van der Waals surface area contributed by atoms with Gasteiger partial charge in [-0.1, -0.05) is 28.1 Å². The molecule has 5 nitrogen and oxygen atoms in total. The number of hydrogen-bond donors (Lipinski definition) is 2. The zero-order valence-corrected chi connectivity index (χ0v) is 17.3. The van der Waals surface area contributed by atoms with Gasteiger partial charge in [0.05, 0.1) is 7.11 Å². The maximum Gasteiger partial charge on any atom is 0.267 e. The quantitative estimate of drug-likeness (QED) is 0.614. The van der Waals surface area contributed by atoms with Crippen molar-refractivity contribution in [3.63, 3.8) is 0 Å². The second kappa shape index (κ2) is 7.97. The predicted octanol–water partition coefficient (Wildman–Crippen LogP) is 4.42. The summed E-state index contributed by atoms with van der Waals surface area (Å²) in [7, 11) is 1.63. The lowest BCUT2D eigenvalue weighted by atomic mass is 9.74. The SMILES string of the molecule is COc1ccc2cc(C(=O)NCC3(c4cccc(Br)c4)CCOCC3)[nH]c2c1. The van der Waals surface area contributed by atoms with Gasteiger partial charge in [-0.2, -0.15) is 0 Å². The summed E-state index contributed by atoms with van der Waals surface area (Å²) in [4.78, 5) is 16.0. The molecular formula is C22H23BrN2O3. The molecule has 1 saturated heterocycles. The Bertz CT molecular complexity index is 992. The highest BCUT2D eigenvalue weighted by Crippen LogP contribution is 2.35. The Hall–Kier alpha value is -2.31. The van der Waals surface area contributed by atoms with E-state index in [1.807, 2.05) is 36.4 Å². The van der Waals surface area contributed by atoms with Crippen molar-refractivity contribution in [2.24, 2.45) is 0 Å². The second-order valence-electron chi connectivity index (χ2n) is 7.22. The summed E-state index contributed by atoms with van der Waals surface area (Å²) in [5.41, 5.74) is 2.55. The Morgan fingerprint density at radius 1 is 1.21 bits per heavy atom. The number of ether oxygens (including phenoxy) is 2. The standard InChI is InChI=1S/C22H23BrN2O3/c1-27-18-6-5-15-11-20(25-19(15)13-18)21(26)24-14-22(7-9-28-10-8-22)16-3-2-4-17(23)12-16/h2-6,11-13,25H,7-10,14H2,1H3,(H,24,26). The number of hydrogen-bond acceptors (Lipinski definition) is 3. The molecule has 0 unspecified atom stereocenters. The summed E-state index contributed by atoms with van der Waals surface area (Å²) in [5.74, 6) is 0.660. The van der Waals surface area contributed by atoms with Crippen molar-refractivity contribution in [1.82, 2.24) is 10.3 Å². The van der Waals surface area contributed by atoms with Crippen LogP contribution in [0.1, 0.15) is 28.9 Å². The van der Waals surface area contributed by atoms with Gasteiger partial charge in [0.1, 0.15) is 11.4 Å². The monoisotopic (exact) mass is 442 g/mol. The zero-order valence-electron chi connectivity index (χ0n) is 15.8. The largest absolute Gasteiger partial charge is 0.497 e. The van der Waals surface area contributed by atoms with E-state index in [4.69, 9.17) is 9.47 Å². The molecule has 0 saturated carbocycles. The molecule has 6 heteroatoms. The van der Waals surface area contributed by atoms with Crippen molar-refractivity contribution < 1.29 is 14.3 Å².